The Bertz CT molecular complexity index is 1140. The molecule has 4 aromatic rings. The summed E-state index contributed by atoms with van der Waals surface area (Å²) in [5.74, 6) is 0.703. The van der Waals surface area contributed by atoms with Crippen molar-refractivity contribution in [3.05, 3.63) is 77.3 Å². The van der Waals surface area contributed by atoms with Crippen molar-refractivity contribution in [1.29, 1.82) is 0 Å². The second kappa shape index (κ2) is 9.68. The molecule has 3 amide bonds. The van der Waals surface area contributed by atoms with Gasteiger partial charge in [0.05, 0.1) is 0 Å². The van der Waals surface area contributed by atoms with E-state index in [1.54, 1.807) is 47.7 Å². The molecular weight excluding hydrogens is 414 g/mol. The summed E-state index contributed by atoms with van der Waals surface area (Å²) >= 11 is 1.55. The van der Waals surface area contributed by atoms with Gasteiger partial charge in [-0.25, -0.2) is 4.79 Å². The molecule has 0 radical (unpaired) electrons. The summed E-state index contributed by atoms with van der Waals surface area (Å²) < 4.78 is 5.58. The average Bonchev–Trinajstić information content (AvgIpc) is 3.46. The molecule has 156 valence electrons. The minimum absolute atomic E-state index is 0.169. The molecule has 0 bridgehead atoms. The fraction of sp³-hybridized carbons (Fsp3) is 0.0909. The van der Waals surface area contributed by atoms with Crippen molar-refractivity contribution in [2.45, 2.75) is 12.8 Å². The number of amides is 3. The Kier molecular flexibility index (Phi) is 6.34. The van der Waals surface area contributed by atoms with E-state index in [-0.39, 0.29) is 18.4 Å². The summed E-state index contributed by atoms with van der Waals surface area (Å²) in [6.07, 6.45) is 0.563. The minimum Gasteiger partial charge on any atom is -0.421 e. The van der Waals surface area contributed by atoms with Gasteiger partial charge >= 0.3 is 6.03 Å². The molecule has 2 aromatic carbocycles. The fourth-order valence-electron chi connectivity index (χ4n) is 2.75. The van der Waals surface area contributed by atoms with Gasteiger partial charge in [-0.1, -0.05) is 18.2 Å². The first-order valence-electron chi connectivity index (χ1n) is 9.53. The van der Waals surface area contributed by atoms with Gasteiger partial charge in [-0.05, 0) is 47.8 Å². The highest BCUT2D eigenvalue weighted by Crippen LogP contribution is 2.21. The number of hydrogen-bond donors (Lipinski definition) is 3. The highest BCUT2D eigenvalue weighted by molar-refractivity contribution is 7.08. The van der Waals surface area contributed by atoms with Crippen LogP contribution in [0.5, 0.6) is 0 Å². The Labute approximate surface area is 182 Å². The van der Waals surface area contributed by atoms with E-state index >= 15 is 0 Å². The van der Waals surface area contributed by atoms with Crippen molar-refractivity contribution in [1.82, 2.24) is 10.2 Å². The number of aryl methyl sites for hydroxylation is 1. The van der Waals surface area contributed by atoms with Crippen LogP contribution in [0.2, 0.25) is 0 Å². The first-order chi connectivity index (χ1) is 15.2. The Morgan fingerprint density at radius 1 is 0.839 bits per heavy atom. The molecule has 31 heavy (non-hydrogen) atoms. The van der Waals surface area contributed by atoms with Gasteiger partial charge in [-0.15, -0.1) is 10.2 Å². The summed E-state index contributed by atoms with van der Waals surface area (Å²) in [6, 6.07) is 17.6. The number of rotatable bonds is 7. The maximum Gasteiger partial charge on any atom is 0.323 e. The van der Waals surface area contributed by atoms with Gasteiger partial charge in [0.25, 0.3) is 0 Å². The van der Waals surface area contributed by atoms with E-state index in [1.165, 1.54) is 0 Å². The lowest BCUT2D eigenvalue weighted by Crippen LogP contribution is -2.19. The van der Waals surface area contributed by atoms with E-state index in [0.29, 0.717) is 35.3 Å². The molecule has 0 fully saturated rings. The molecule has 0 saturated carbocycles. The normalized spacial score (nSPS) is 10.5. The van der Waals surface area contributed by atoms with Gasteiger partial charge in [0.2, 0.25) is 17.7 Å². The number of benzene rings is 2. The van der Waals surface area contributed by atoms with Crippen LogP contribution in [0, 0.1) is 0 Å². The number of thiophene rings is 1. The van der Waals surface area contributed by atoms with E-state index in [9.17, 15) is 9.59 Å². The van der Waals surface area contributed by atoms with Crippen LogP contribution in [0.3, 0.4) is 0 Å². The summed E-state index contributed by atoms with van der Waals surface area (Å²) in [4.78, 5) is 24.2. The van der Waals surface area contributed by atoms with Crippen LogP contribution in [0.25, 0.3) is 11.5 Å². The second-order valence-electron chi connectivity index (χ2n) is 6.58. The Hall–Kier alpha value is -3.98. The monoisotopic (exact) mass is 433 g/mol. The van der Waals surface area contributed by atoms with Gasteiger partial charge in [0.1, 0.15) is 0 Å². The van der Waals surface area contributed by atoms with E-state index in [2.05, 4.69) is 26.1 Å². The summed E-state index contributed by atoms with van der Waals surface area (Å²) in [5.41, 5.74) is 2.81. The Morgan fingerprint density at radius 3 is 2.19 bits per heavy atom. The van der Waals surface area contributed by atoms with Crippen LogP contribution in [-0.4, -0.2) is 22.1 Å². The summed E-state index contributed by atoms with van der Waals surface area (Å²) in [6.45, 7) is 0. The largest absolute Gasteiger partial charge is 0.421 e. The average molecular weight is 433 g/mol. The lowest BCUT2D eigenvalue weighted by atomic mass is 10.2. The summed E-state index contributed by atoms with van der Waals surface area (Å²) in [5, 5.41) is 20.1. The SMILES string of the molecule is O=C(CCc1nnc(-c2ccsc2)o1)Nc1ccc(NC(=O)Nc2ccccc2)cc1. The molecule has 0 unspecified atom stereocenters. The van der Waals surface area contributed by atoms with Crippen LogP contribution in [0.15, 0.2) is 75.8 Å². The van der Waals surface area contributed by atoms with Crippen LogP contribution >= 0.6 is 11.3 Å². The first-order valence-corrected chi connectivity index (χ1v) is 10.5. The molecule has 0 saturated heterocycles. The molecular formula is C22H19N5O3S. The molecule has 2 heterocycles. The third-order valence-corrected chi connectivity index (χ3v) is 4.94. The molecule has 0 aliphatic carbocycles. The smallest absolute Gasteiger partial charge is 0.323 e. The van der Waals surface area contributed by atoms with Crippen LogP contribution in [-0.2, 0) is 11.2 Å². The molecule has 0 atom stereocenters. The van der Waals surface area contributed by atoms with Crippen molar-refractivity contribution < 1.29 is 14.0 Å². The van der Waals surface area contributed by atoms with E-state index in [1.807, 2.05) is 35.0 Å². The maximum atomic E-state index is 12.2. The highest BCUT2D eigenvalue weighted by atomic mass is 32.1. The number of carbonyl (C=O) groups excluding carboxylic acids is 2. The number of carbonyl (C=O) groups is 2. The standard InChI is InChI=1S/C22H19N5O3S/c28-19(10-11-20-26-27-21(30-20)15-12-13-31-14-15)23-17-6-8-18(9-7-17)25-22(29)24-16-4-2-1-3-5-16/h1-9,12-14H,10-11H2,(H,23,28)(H2,24,25,29). The zero-order valence-corrected chi connectivity index (χ0v) is 17.2. The van der Waals surface area contributed by atoms with Crippen LogP contribution in [0.1, 0.15) is 12.3 Å². The topological polar surface area (TPSA) is 109 Å². The van der Waals surface area contributed by atoms with E-state index in [0.717, 1.165) is 5.56 Å². The molecule has 8 nitrogen and oxygen atoms in total. The van der Waals surface area contributed by atoms with Crippen molar-refractivity contribution in [3.8, 4) is 11.5 Å². The van der Waals surface area contributed by atoms with Gasteiger partial charge in [-0.3, -0.25) is 4.79 Å². The molecule has 0 aliphatic heterocycles. The third-order valence-electron chi connectivity index (χ3n) is 4.26. The third kappa shape index (κ3) is 5.77. The van der Waals surface area contributed by atoms with Crippen molar-refractivity contribution >= 4 is 40.3 Å². The predicted molar refractivity (Wildman–Crippen MR) is 120 cm³/mol. The van der Waals surface area contributed by atoms with E-state index in [4.69, 9.17) is 4.42 Å². The molecule has 0 aliphatic rings. The molecule has 9 heteroatoms. The van der Waals surface area contributed by atoms with Gasteiger partial charge in [-0.2, -0.15) is 11.3 Å². The van der Waals surface area contributed by atoms with Crippen molar-refractivity contribution in [2.24, 2.45) is 0 Å². The second-order valence-corrected chi connectivity index (χ2v) is 7.36. The zero-order chi connectivity index (χ0) is 21.5. The zero-order valence-electron chi connectivity index (χ0n) is 16.4. The lowest BCUT2D eigenvalue weighted by Gasteiger charge is -2.09. The number of nitrogens with one attached hydrogen (secondary N) is 3. The molecule has 3 N–H and O–H groups in total. The maximum absolute atomic E-state index is 12.2. The van der Waals surface area contributed by atoms with Gasteiger partial charge < -0.3 is 20.4 Å². The van der Waals surface area contributed by atoms with E-state index < -0.39 is 0 Å². The number of anilines is 3. The Morgan fingerprint density at radius 2 is 1.52 bits per heavy atom. The number of hydrogen-bond acceptors (Lipinski definition) is 6. The quantitative estimate of drug-likeness (QED) is 0.379. The summed E-state index contributed by atoms with van der Waals surface area (Å²) in [7, 11) is 0. The van der Waals surface area contributed by atoms with Crippen molar-refractivity contribution in [3.63, 3.8) is 0 Å². The molecule has 0 spiro atoms. The Balaban J connectivity index is 1.24. The first kappa shape index (κ1) is 20.3. The van der Waals surface area contributed by atoms with Crippen LogP contribution < -0.4 is 16.0 Å². The number of urea groups is 1. The fourth-order valence-corrected chi connectivity index (χ4v) is 3.38. The number of para-hydroxylation sites is 1. The lowest BCUT2D eigenvalue weighted by molar-refractivity contribution is -0.116. The van der Waals surface area contributed by atoms with Crippen molar-refractivity contribution in [2.75, 3.05) is 16.0 Å². The highest BCUT2D eigenvalue weighted by Gasteiger charge is 2.11. The molecule has 2 aromatic heterocycles. The van der Waals surface area contributed by atoms with Gasteiger partial charge in [0.15, 0.2) is 0 Å². The molecule has 4 rings (SSSR count). The predicted octanol–water partition coefficient (Wildman–Crippen LogP) is 5.01. The van der Waals surface area contributed by atoms with Crippen LogP contribution in [0.4, 0.5) is 21.9 Å². The minimum atomic E-state index is -0.343. The van der Waals surface area contributed by atoms with Gasteiger partial charge in [0, 0.05) is 40.8 Å². The number of nitrogens with zero attached hydrogens (tertiary/aromatic N) is 2. The number of aromatic nitrogens is 2.